The van der Waals surface area contributed by atoms with Gasteiger partial charge in [-0.3, -0.25) is 0 Å². The van der Waals surface area contributed by atoms with Crippen LogP contribution in [0, 0.1) is 0 Å². The first kappa shape index (κ1) is 15.1. The van der Waals surface area contributed by atoms with E-state index in [1.807, 2.05) is 30.3 Å². The Labute approximate surface area is 123 Å². The number of hydrogen-bond donors (Lipinski definition) is 1. The minimum absolute atomic E-state index is 0.152. The topological polar surface area (TPSA) is 55.8 Å². The summed E-state index contributed by atoms with van der Waals surface area (Å²) in [4.78, 5) is 12.1. The summed E-state index contributed by atoms with van der Waals surface area (Å²) in [6, 6.07) is 16.2. The minimum Gasteiger partial charge on any atom is -0.474 e. The molecule has 0 aliphatic rings. The molecule has 0 aliphatic carbocycles. The van der Waals surface area contributed by atoms with Crippen LogP contribution in [0.3, 0.4) is 0 Å². The van der Waals surface area contributed by atoms with Gasteiger partial charge < -0.3 is 14.6 Å². The first-order chi connectivity index (χ1) is 10.3. The van der Waals surface area contributed by atoms with Crippen LogP contribution in [0.25, 0.3) is 0 Å². The van der Waals surface area contributed by atoms with Gasteiger partial charge in [0.25, 0.3) is 0 Å². The number of carbonyl (C=O) groups is 1. The highest BCUT2D eigenvalue weighted by Crippen LogP contribution is 2.26. The van der Waals surface area contributed by atoms with Crippen molar-refractivity contribution in [2.24, 2.45) is 0 Å². The predicted molar refractivity (Wildman–Crippen MR) is 78.8 cm³/mol. The van der Waals surface area contributed by atoms with Gasteiger partial charge in [-0.05, 0) is 13.0 Å². The van der Waals surface area contributed by atoms with Crippen molar-refractivity contribution in [3.8, 4) is 5.75 Å². The zero-order valence-electron chi connectivity index (χ0n) is 11.9. The van der Waals surface area contributed by atoms with E-state index in [1.54, 1.807) is 31.2 Å². The molecule has 0 saturated heterocycles. The van der Waals surface area contributed by atoms with E-state index in [1.165, 1.54) is 0 Å². The van der Waals surface area contributed by atoms with Crippen LogP contribution in [-0.2, 0) is 16.1 Å². The SMILES string of the molecule is CCOC(=O)C(Oc1ccccc1CO)c1ccccc1. The molecule has 2 aromatic carbocycles. The van der Waals surface area contributed by atoms with E-state index >= 15 is 0 Å². The second-order valence-corrected chi connectivity index (χ2v) is 4.43. The third-order valence-corrected chi connectivity index (χ3v) is 2.99. The largest absolute Gasteiger partial charge is 0.474 e. The number of hydrogen-bond acceptors (Lipinski definition) is 4. The maximum atomic E-state index is 12.1. The highest BCUT2D eigenvalue weighted by atomic mass is 16.6. The zero-order valence-corrected chi connectivity index (χ0v) is 11.9. The van der Waals surface area contributed by atoms with E-state index in [-0.39, 0.29) is 13.2 Å². The van der Waals surface area contributed by atoms with Crippen LogP contribution in [0.1, 0.15) is 24.2 Å². The molecule has 0 radical (unpaired) electrons. The van der Waals surface area contributed by atoms with E-state index in [9.17, 15) is 9.90 Å². The Kier molecular flexibility index (Phi) is 5.35. The number of ether oxygens (including phenoxy) is 2. The highest BCUT2D eigenvalue weighted by Gasteiger charge is 2.24. The third kappa shape index (κ3) is 3.83. The fourth-order valence-corrected chi connectivity index (χ4v) is 1.97. The van der Waals surface area contributed by atoms with Crippen LogP contribution >= 0.6 is 0 Å². The van der Waals surface area contributed by atoms with Gasteiger partial charge in [-0.15, -0.1) is 0 Å². The Morgan fingerprint density at radius 3 is 2.43 bits per heavy atom. The standard InChI is InChI=1S/C17H18O4/c1-2-20-17(19)16(13-8-4-3-5-9-13)21-15-11-7-6-10-14(15)12-18/h3-11,16,18H,2,12H2,1H3. The number of rotatable bonds is 6. The Morgan fingerprint density at radius 1 is 1.10 bits per heavy atom. The fraction of sp³-hybridized carbons (Fsp3) is 0.235. The van der Waals surface area contributed by atoms with E-state index in [0.29, 0.717) is 16.9 Å². The molecule has 0 bridgehead atoms. The Bertz CT molecular complexity index is 580. The predicted octanol–water partition coefficient (Wildman–Crippen LogP) is 2.86. The van der Waals surface area contributed by atoms with Gasteiger partial charge >= 0.3 is 5.97 Å². The van der Waals surface area contributed by atoms with E-state index in [2.05, 4.69) is 0 Å². The van der Waals surface area contributed by atoms with Crippen molar-refractivity contribution in [3.63, 3.8) is 0 Å². The smallest absolute Gasteiger partial charge is 0.352 e. The van der Waals surface area contributed by atoms with Gasteiger partial charge in [0, 0.05) is 11.1 Å². The summed E-state index contributed by atoms with van der Waals surface area (Å²) in [5.74, 6) is 0.0262. The van der Waals surface area contributed by atoms with E-state index in [0.717, 1.165) is 0 Å². The van der Waals surface area contributed by atoms with Crippen molar-refractivity contribution in [2.75, 3.05) is 6.61 Å². The first-order valence-corrected chi connectivity index (χ1v) is 6.83. The summed E-state index contributed by atoms with van der Waals surface area (Å²) in [5, 5.41) is 9.35. The quantitative estimate of drug-likeness (QED) is 0.830. The Morgan fingerprint density at radius 2 is 1.76 bits per heavy atom. The summed E-state index contributed by atoms with van der Waals surface area (Å²) in [5.41, 5.74) is 1.34. The number of esters is 1. The first-order valence-electron chi connectivity index (χ1n) is 6.83. The van der Waals surface area contributed by atoms with Crippen molar-refractivity contribution in [1.29, 1.82) is 0 Å². The molecule has 0 heterocycles. The number of aliphatic hydroxyl groups excluding tert-OH is 1. The lowest BCUT2D eigenvalue weighted by Gasteiger charge is -2.19. The number of para-hydroxylation sites is 1. The van der Waals surface area contributed by atoms with Gasteiger partial charge in [0.1, 0.15) is 5.75 Å². The monoisotopic (exact) mass is 286 g/mol. The maximum absolute atomic E-state index is 12.1. The van der Waals surface area contributed by atoms with Gasteiger partial charge in [-0.25, -0.2) is 4.79 Å². The molecule has 2 rings (SSSR count). The Hall–Kier alpha value is -2.33. The van der Waals surface area contributed by atoms with Crippen molar-refractivity contribution in [3.05, 3.63) is 65.7 Å². The molecule has 4 nitrogen and oxygen atoms in total. The molecule has 1 unspecified atom stereocenters. The lowest BCUT2D eigenvalue weighted by molar-refractivity contribution is -0.151. The number of benzene rings is 2. The second-order valence-electron chi connectivity index (χ2n) is 4.43. The fourth-order valence-electron chi connectivity index (χ4n) is 1.97. The average molecular weight is 286 g/mol. The van der Waals surface area contributed by atoms with Crippen molar-refractivity contribution >= 4 is 5.97 Å². The normalized spacial score (nSPS) is 11.7. The van der Waals surface area contributed by atoms with Crippen LogP contribution in [0.5, 0.6) is 5.75 Å². The van der Waals surface area contributed by atoms with Gasteiger partial charge in [-0.1, -0.05) is 48.5 Å². The van der Waals surface area contributed by atoms with Gasteiger partial charge in [0.2, 0.25) is 6.10 Å². The molecule has 0 fully saturated rings. The summed E-state index contributed by atoms with van der Waals surface area (Å²) < 4.78 is 10.9. The van der Waals surface area contributed by atoms with Crippen LogP contribution in [-0.4, -0.2) is 17.7 Å². The van der Waals surface area contributed by atoms with Gasteiger partial charge in [0.15, 0.2) is 0 Å². The minimum atomic E-state index is -0.848. The second kappa shape index (κ2) is 7.45. The molecule has 0 aromatic heterocycles. The summed E-state index contributed by atoms with van der Waals surface area (Å²) in [7, 11) is 0. The van der Waals surface area contributed by atoms with Crippen LogP contribution < -0.4 is 4.74 Å². The Balaban J connectivity index is 2.30. The highest BCUT2D eigenvalue weighted by molar-refractivity contribution is 5.77. The third-order valence-electron chi connectivity index (χ3n) is 2.99. The van der Waals surface area contributed by atoms with Crippen LogP contribution in [0.2, 0.25) is 0 Å². The lowest BCUT2D eigenvalue weighted by atomic mass is 10.1. The van der Waals surface area contributed by atoms with Crippen molar-refractivity contribution < 1.29 is 19.4 Å². The molecular weight excluding hydrogens is 268 g/mol. The van der Waals surface area contributed by atoms with Crippen LogP contribution in [0.4, 0.5) is 0 Å². The van der Waals surface area contributed by atoms with E-state index < -0.39 is 12.1 Å². The molecule has 0 saturated carbocycles. The van der Waals surface area contributed by atoms with E-state index in [4.69, 9.17) is 9.47 Å². The maximum Gasteiger partial charge on any atom is 0.352 e. The summed E-state index contributed by atoms with van der Waals surface area (Å²) in [6.07, 6.45) is -0.848. The number of aliphatic hydroxyl groups is 1. The molecule has 1 N–H and O–H groups in total. The zero-order chi connectivity index (χ0) is 15.1. The molecule has 0 spiro atoms. The molecule has 110 valence electrons. The molecule has 4 heteroatoms. The summed E-state index contributed by atoms with van der Waals surface area (Å²) in [6.45, 7) is 1.88. The van der Waals surface area contributed by atoms with Gasteiger partial charge in [0.05, 0.1) is 13.2 Å². The van der Waals surface area contributed by atoms with Crippen LogP contribution in [0.15, 0.2) is 54.6 Å². The summed E-state index contributed by atoms with van der Waals surface area (Å²) >= 11 is 0. The molecule has 21 heavy (non-hydrogen) atoms. The molecule has 0 aliphatic heterocycles. The molecular formula is C17H18O4. The van der Waals surface area contributed by atoms with Crippen molar-refractivity contribution in [2.45, 2.75) is 19.6 Å². The lowest BCUT2D eigenvalue weighted by Crippen LogP contribution is -2.22. The van der Waals surface area contributed by atoms with Gasteiger partial charge in [-0.2, -0.15) is 0 Å². The molecule has 2 aromatic rings. The number of carbonyl (C=O) groups excluding carboxylic acids is 1. The molecule has 1 atom stereocenters. The average Bonchev–Trinajstić information content (AvgIpc) is 2.54. The molecule has 0 amide bonds. The van der Waals surface area contributed by atoms with Crippen molar-refractivity contribution in [1.82, 2.24) is 0 Å².